The third kappa shape index (κ3) is 1.91. The molecule has 1 aromatic carbocycles. The minimum Gasteiger partial charge on any atom is -0.437 e. The minimum absolute atomic E-state index is 0.341. The molecule has 1 heterocycles. The van der Waals surface area contributed by atoms with Gasteiger partial charge in [0.2, 0.25) is 0 Å². The van der Waals surface area contributed by atoms with Crippen LogP contribution in [-0.4, -0.2) is 13.3 Å². The minimum atomic E-state index is 0.341. The molecule has 2 aromatic rings. The molecule has 0 aliphatic rings. The Labute approximate surface area is 87.9 Å². The molecule has 3 nitrogen and oxygen atoms in total. The van der Waals surface area contributed by atoms with Crippen molar-refractivity contribution in [2.45, 2.75) is 0 Å². The standard InChI is InChI=1S/C12H11NO2/c1-13(10-5-3-2-4-6-10)12-8-7-11(9-14)15-12/h2-9H,1H3. The summed E-state index contributed by atoms with van der Waals surface area (Å²) in [7, 11) is 1.89. The molecule has 3 heteroatoms. The fraction of sp³-hybridized carbons (Fsp3) is 0.0833. The maximum Gasteiger partial charge on any atom is 0.200 e. The monoisotopic (exact) mass is 201 g/mol. The first-order valence-corrected chi connectivity index (χ1v) is 4.65. The number of benzene rings is 1. The van der Waals surface area contributed by atoms with Gasteiger partial charge in [-0.05, 0) is 18.2 Å². The summed E-state index contributed by atoms with van der Waals surface area (Å²) in [6, 6.07) is 13.2. The molecule has 0 aliphatic carbocycles. The summed E-state index contributed by atoms with van der Waals surface area (Å²) in [6.07, 6.45) is 0.697. The van der Waals surface area contributed by atoms with Crippen molar-refractivity contribution in [1.29, 1.82) is 0 Å². The van der Waals surface area contributed by atoms with Gasteiger partial charge in [-0.2, -0.15) is 0 Å². The third-order valence-electron chi connectivity index (χ3n) is 2.20. The van der Waals surface area contributed by atoms with Gasteiger partial charge in [-0.1, -0.05) is 18.2 Å². The zero-order valence-corrected chi connectivity index (χ0v) is 8.38. The second-order valence-corrected chi connectivity index (χ2v) is 3.19. The SMILES string of the molecule is CN(c1ccccc1)c1ccc(C=O)o1. The average Bonchev–Trinajstić information content (AvgIpc) is 2.78. The Balaban J connectivity index is 2.28. The van der Waals surface area contributed by atoms with Crippen LogP contribution in [0.2, 0.25) is 0 Å². The topological polar surface area (TPSA) is 33.5 Å². The Morgan fingerprint density at radius 3 is 2.47 bits per heavy atom. The lowest BCUT2D eigenvalue weighted by atomic mass is 10.3. The molecule has 0 unspecified atom stereocenters. The number of anilines is 2. The van der Waals surface area contributed by atoms with Crippen LogP contribution in [0.15, 0.2) is 46.9 Å². The van der Waals surface area contributed by atoms with E-state index in [-0.39, 0.29) is 0 Å². The molecule has 0 saturated carbocycles. The first kappa shape index (κ1) is 9.52. The van der Waals surface area contributed by atoms with E-state index in [1.807, 2.05) is 42.3 Å². The number of rotatable bonds is 3. The number of aldehydes is 1. The predicted octanol–water partition coefficient (Wildman–Crippen LogP) is 2.86. The molecule has 0 aliphatic heterocycles. The first-order chi connectivity index (χ1) is 7.31. The molecule has 76 valence electrons. The molecule has 15 heavy (non-hydrogen) atoms. The molecule has 0 radical (unpaired) electrons. The number of hydrogen-bond donors (Lipinski definition) is 0. The van der Waals surface area contributed by atoms with Gasteiger partial charge in [0.05, 0.1) is 0 Å². The quantitative estimate of drug-likeness (QED) is 0.716. The largest absolute Gasteiger partial charge is 0.437 e. The van der Waals surface area contributed by atoms with E-state index in [1.54, 1.807) is 12.1 Å². The number of hydrogen-bond acceptors (Lipinski definition) is 3. The Hall–Kier alpha value is -2.03. The summed E-state index contributed by atoms with van der Waals surface area (Å²) >= 11 is 0. The van der Waals surface area contributed by atoms with Gasteiger partial charge in [-0.15, -0.1) is 0 Å². The van der Waals surface area contributed by atoms with E-state index in [0.717, 1.165) is 5.69 Å². The molecule has 2 rings (SSSR count). The summed E-state index contributed by atoms with van der Waals surface area (Å²) in [5.41, 5.74) is 1.02. The lowest BCUT2D eigenvalue weighted by Gasteiger charge is -2.15. The average molecular weight is 201 g/mol. The molecule has 0 N–H and O–H groups in total. The highest BCUT2D eigenvalue weighted by molar-refractivity contribution is 5.72. The molecule has 0 fully saturated rings. The molecular formula is C12H11NO2. The van der Waals surface area contributed by atoms with Gasteiger partial charge in [0.25, 0.3) is 0 Å². The van der Waals surface area contributed by atoms with Crippen LogP contribution in [0.4, 0.5) is 11.6 Å². The van der Waals surface area contributed by atoms with Crippen LogP contribution in [0, 0.1) is 0 Å². The van der Waals surface area contributed by atoms with Crippen LogP contribution < -0.4 is 4.90 Å². The van der Waals surface area contributed by atoms with Crippen molar-refractivity contribution in [2.75, 3.05) is 11.9 Å². The van der Waals surface area contributed by atoms with Crippen molar-refractivity contribution >= 4 is 17.9 Å². The molecule has 0 bridgehead atoms. The highest BCUT2D eigenvalue weighted by atomic mass is 16.4. The van der Waals surface area contributed by atoms with Crippen molar-refractivity contribution in [1.82, 2.24) is 0 Å². The van der Waals surface area contributed by atoms with Crippen molar-refractivity contribution in [2.24, 2.45) is 0 Å². The lowest BCUT2D eigenvalue weighted by Crippen LogP contribution is -2.07. The zero-order valence-electron chi connectivity index (χ0n) is 8.38. The molecular weight excluding hydrogens is 190 g/mol. The van der Waals surface area contributed by atoms with Gasteiger partial charge in [0, 0.05) is 18.8 Å². The van der Waals surface area contributed by atoms with Gasteiger partial charge in [-0.3, -0.25) is 4.79 Å². The molecule has 0 atom stereocenters. The van der Waals surface area contributed by atoms with Crippen LogP contribution >= 0.6 is 0 Å². The van der Waals surface area contributed by atoms with Crippen LogP contribution in [-0.2, 0) is 0 Å². The van der Waals surface area contributed by atoms with Crippen molar-refractivity contribution < 1.29 is 9.21 Å². The number of furan rings is 1. The van der Waals surface area contributed by atoms with E-state index in [4.69, 9.17) is 4.42 Å². The van der Waals surface area contributed by atoms with Crippen molar-refractivity contribution in [3.63, 3.8) is 0 Å². The summed E-state index contributed by atoms with van der Waals surface area (Å²) in [5.74, 6) is 0.996. The Bertz CT molecular complexity index is 448. The Morgan fingerprint density at radius 2 is 1.87 bits per heavy atom. The normalized spacial score (nSPS) is 9.93. The molecule has 0 spiro atoms. The number of para-hydroxylation sites is 1. The lowest BCUT2D eigenvalue weighted by molar-refractivity contribution is 0.110. The van der Waals surface area contributed by atoms with E-state index in [9.17, 15) is 4.79 Å². The fourth-order valence-electron chi connectivity index (χ4n) is 1.36. The van der Waals surface area contributed by atoms with E-state index in [1.165, 1.54) is 0 Å². The number of carbonyl (C=O) groups is 1. The first-order valence-electron chi connectivity index (χ1n) is 4.65. The van der Waals surface area contributed by atoms with Crippen LogP contribution in [0.3, 0.4) is 0 Å². The summed E-state index contributed by atoms with van der Waals surface area (Å²) < 4.78 is 5.31. The Kier molecular flexibility index (Phi) is 2.54. The predicted molar refractivity (Wildman–Crippen MR) is 58.6 cm³/mol. The highest BCUT2D eigenvalue weighted by Crippen LogP contribution is 2.24. The summed E-state index contributed by atoms with van der Waals surface area (Å²) in [4.78, 5) is 12.3. The van der Waals surface area contributed by atoms with E-state index >= 15 is 0 Å². The summed E-state index contributed by atoms with van der Waals surface area (Å²) in [5, 5.41) is 0. The maximum atomic E-state index is 10.5. The zero-order chi connectivity index (χ0) is 10.7. The van der Waals surface area contributed by atoms with Gasteiger partial charge in [-0.25, -0.2) is 0 Å². The van der Waals surface area contributed by atoms with Crippen LogP contribution in [0.1, 0.15) is 10.6 Å². The van der Waals surface area contributed by atoms with Crippen molar-refractivity contribution in [3.05, 3.63) is 48.2 Å². The van der Waals surface area contributed by atoms with Gasteiger partial charge >= 0.3 is 0 Å². The van der Waals surface area contributed by atoms with E-state index in [0.29, 0.717) is 17.9 Å². The Morgan fingerprint density at radius 1 is 1.13 bits per heavy atom. The second-order valence-electron chi connectivity index (χ2n) is 3.19. The van der Waals surface area contributed by atoms with Crippen LogP contribution in [0.5, 0.6) is 0 Å². The highest BCUT2D eigenvalue weighted by Gasteiger charge is 2.07. The van der Waals surface area contributed by atoms with E-state index in [2.05, 4.69) is 0 Å². The molecule has 1 aromatic heterocycles. The smallest absolute Gasteiger partial charge is 0.200 e. The summed E-state index contributed by atoms with van der Waals surface area (Å²) in [6.45, 7) is 0. The second kappa shape index (κ2) is 4.00. The maximum absolute atomic E-state index is 10.5. The van der Waals surface area contributed by atoms with Gasteiger partial charge in [0.1, 0.15) is 0 Å². The van der Waals surface area contributed by atoms with Crippen molar-refractivity contribution in [3.8, 4) is 0 Å². The van der Waals surface area contributed by atoms with Crippen LogP contribution in [0.25, 0.3) is 0 Å². The number of nitrogens with zero attached hydrogens (tertiary/aromatic N) is 1. The fourth-order valence-corrected chi connectivity index (χ4v) is 1.36. The number of carbonyl (C=O) groups excluding carboxylic acids is 1. The molecule has 0 saturated heterocycles. The van der Waals surface area contributed by atoms with E-state index < -0.39 is 0 Å². The molecule has 0 amide bonds. The van der Waals surface area contributed by atoms with Gasteiger partial charge < -0.3 is 9.32 Å². The third-order valence-corrected chi connectivity index (χ3v) is 2.20. The van der Waals surface area contributed by atoms with Gasteiger partial charge in [0.15, 0.2) is 17.9 Å².